The Morgan fingerprint density at radius 3 is 1.43 bits per heavy atom. The second-order valence-corrected chi connectivity index (χ2v) is 6.44. The lowest BCUT2D eigenvalue weighted by molar-refractivity contribution is 0.186. The third kappa shape index (κ3) is 2.51. The van der Waals surface area contributed by atoms with Crippen LogP contribution in [0, 0.1) is 0 Å². The SMILES string of the molecule is On1cccc2c3ccccc3nc1-2.On1cccc2c3ccccc3nc1-2. The summed E-state index contributed by atoms with van der Waals surface area (Å²) in [6.07, 6.45) is 3.16. The van der Waals surface area contributed by atoms with Gasteiger partial charge >= 0.3 is 0 Å². The standard InChI is InChI=1S/2C11H8N2O/c2*14-13-7-3-5-9-8-4-1-2-6-10(8)12-11(9)13/h2*1-7,14H. The van der Waals surface area contributed by atoms with E-state index in [1.165, 1.54) is 0 Å². The minimum Gasteiger partial charge on any atom is -0.427 e. The molecule has 2 N–H and O–H groups in total. The molecule has 4 heterocycles. The first kappa shape index (κ1) is 16.1. The molecule has 0 aromatic heterocycles. The number of aromatic nitrogens is 4. The summed E-state index contributed by atoms with van der Waals surface area (Å²) in [6, 6.07) is 23.2. The van der Waals surface area contributed by atoms with E-state index in [1.807, 2.05) is 60.7 Å². The van der Waals surface area contributed by atoms with Crippen LogP contribution in [0.5, 0.6) is 0 Å². The van der Waals surface area contributed by atoms with Crippen molar-refractivity contribution in [2.45, 2.75) is 0 Å². The fraction of sp³-hybridized carbons (Fsp3) is 0. The highest BCUT2D eigenvalue weighted by atomic mass is 16.5. The molecule has 0 saturated heterocycles. The Labute approximate surface area is 160 Å². The van der Waals surface area contributed by atoms with Gasteiger partial charge in [-0.3, -0.25) is 0 Å². The third-order valence-corrected chi connectivity index (χ3v) is 4.74. The van der Waals surface area contributed by atoms with Gasteiger partial charge in [-0.1, -0.05) is 36.4 Å². The summed E-state index contributed by atoms with van der Waals surface area (Å²) in [4.78, 5) is 8.66. The van der Waals surface area contributed by atoms with E-state index in [1.54, 1.807) is 24.5 Å². The fourth-order valence-corrected chi connectivity index (χ4v) is 3.45. The van der Waals surface area contributed by atoms with Gasteiger partial charge in [-0.05, 0) is 36.4 Å². The fourth-order valence-electron chi connectivity index (χ4n) is 3.45. The molecule has 0 saturated carbocycles. The normalized spacial score (nSPS) is 11.1. The van der Waals surface area contributed by atoms with Gasteiger partial charge in [0.05, 0.1) is 11.0 Å². The molecule has 0 bridgehead atoms. The predicted molar refractivity (Wildman–Crippen MR) is 107 cm³/mol. The zero-order valence-electron chi connectivity index (χ0n) is 14.8. The van der Waals surface area contributed by atoms with Gasteiger partial charge in [-0.2, -0.15) is 9.46 Å². The molecule has 0 radical (unpaired) electrons. The van der Waals surface area contributed by atoms with Crippen molar-refractivity contribution in [3.8, 4) is 22.8 Å². The summed E-state index contributed by atoms with van der Waals surface area (Å²) >= 11 is 0. The molecular formula is C22H16N4O2. The highest BCUT2D eigenvalue weighted by Gasteiger charge is 2.14. The summed E-state index contributed by atoms with van der Waals surface area (Å²) in [6.45, 7) is 0. The topological polar surface area (TPSA) is 76.1 Å². The van der Waals surface area contributed by atoms with E-state index < -0.39 is 0 Å². The molecule has 0 atom stereocenters. The maximum absolute atomic E-state index is 9.53. The molecule has 6 heteroatoms. The largest absolute Gasteiger partial charge is 0.427 e. The van der Waals surface area contributed by atoms with E-state index >= 15 is 0 Å². The number of rotatable bonds is 0. The number of benzene rings is 2. The van der Waals surface area contributed by atoms with E-state index in [4.69, 9.17) is 0 Å². The first-order chi connectivity index (χ1) is 13.7. The Balaban J connectivity index is 0.000000122. The van der Waals surface area contributed by atoms with Crippen LogP contribution >= 0.6 is 0 Å². The van der Waals surface area contributed by atoms with Gasteiger partial charge in [0.2, 0.25) is 0 Å². The van der Waals surface area contributed by atoms with E-state index in [-0.39, 0.29) is 0 Å². The second kappa shape index (κ2) is 6.28. The van der Waals surface area contributed by atoms with Crippen LogP contribution in [0.15, 0.2) is 85.2 Å². The second-order valence-electron chi connectivity index (χ2n) is 6.44. The van der Waals surface area contributed by atoms with Gasteiger partial charge in [0, 0.05) is 34.3 Å². The van der Waals surface area contributed by atoms with Crippen LogP contribution < -0.4 is 0 Å². The Hall–Kier alpha value is -4.06. The van der Waals surface area contributed by atoms with Crippen molar-refractivity contribution < 1.29 is 10.4 Å². The van der Waals surface area contributed by atoms with Gasteiger partial charge in [0.1, 0.15) is 0 Å². The highest BCUT2D eigenvalue weighted by molar-refractivity contribution is 5.96. The van der Waals surface area contributed by atoms with Crippen LogP contribution in [0.3, 0.4) is 0 Å². The molecule has 136 valence electrons. The molecule has 0 unspecified atom stereocenters. The van der Waals surface area contributed by atoms with Crippen LogP contribution in [-0.4, -0.2) is 29.8 Å². The van der Waals surface area contributed by atoms with Crippen LogP contribution in [-0.2, 0) is 0 Å². The third-order valence-electron chi connectivity index (χ3n) is 4.74. The molecule has 0 aliphatic carbocycles. The first-order valence-electron chi connectivity index (χ1n) is 8.82. The Bertz CT molecular complexity index is 1250. The molecule has 4 aliphatic rings. The number of hydrogen-bond acceptors (Lipinski definition) is 4. The maximum Gasteiger partial charge on any atom is 0.176 e. The van der Waals surface area contributed by atoms with Crippen molar-refractivity contribution in [1.82, 2.24) is 19.4 Å². The zero-order chi connectivity index (χ0) is 19.1. The average molecular weight is 368 g/mol. The van der Waals surface area contributed by atoms with Crippen molar-refractivity contribution in [2.24, 2.45) is 0 Å². The van der Waals surface area contributed by atoms with Crippen molar-refractivity contribution in [1.29, 1.82) is 0 Å². The summed E-state index contributed by atoms with van der Waals surface area (Å²) < 4.78 is 2.10. The van der Waals surface area contributed by atoms with Crippen molar-refractivity contribution in [2.75, 3.05) is 0 Å². The van der Waals surface area contributed by atoms with Crippen molar-refractivity contribution >= 4 is 21.8 Å². The Morgan fingerprint density at radius 1 is 0.536 bits per heavy atom. The zero-order valence-corrected chi connectivity index (χ0v) is 14.8. The van der Waals surface area contributed by atoms with E-state index in [0.717, 1.165) is 42.4 Å². The molecular weight excluding hydrogens is 352 g/mol. The van der Waals surface area contributed by atoms with E-state index in [0.29, 0.717) is 11.6 Å². The number of fused-ring (bicyclic) bond motifs is 6. The lowest BCUT2D eigenvalue weighted by Gasteiger charge is -2.01. The smallest absolute Gasteiger partial charge is 0.176 e. The highest BCUT2D eigenvalue weighted by Crippen LogP contribution is 2.30. The molecule has 6 rings (SSSR count). The van der Waals surface area contributed by atoms with Crippen LogP contribution in [0.25, 0.3) is 44.6 Å². The lowest BCUT2D eigenvalue weighted by atomic mass is 10.1. The molecule has 6 nitrogen and oxygen atoms in total. The number of nitrogens with zero attached hydrogens (tertiary/aromatic N) is 4. The summed E-state index contributed by atoms with van der Waals surface area (Å²) in [7, 11) is 0. The van der Waals surface area contributed by atoms with E-state index in [9.17, 15) is 10.4 Å². The molecule has 4 aliphatic heterocycles. The van der Waals surface area contributed by atoms with E-state index in [2.05, 4.69) is 9.97 Å². The van der Waals surface area contributed by atoms with Gasteiger partial charge in [-0.25, -0.2) is 9.97 Å². The Kier molecular flexibility index (Phi) is 3.62. The summed E-state index contributed by atoms with van der Waals surface area (Å²) in [5, 5.41) is 21.2. The molecule has 0 spiro atoms. The average Bonchev–Trinajstić information content (AvgIpc) is 3.29. The van der Waals surface area contributed by atoms with Crippen molar-refractivity contribution in [3.63, 3.8) is 0 Å². The van der Waals surface area contributed by atoms with Gasteiger partial charge < -0.3 is 10.4 Å². The first-order valence-corrected chi connectivity index (χ1v) is 8.82. The van der Waals surface area contributed by atoms with Gasteiger partial charge in [0.25, 0.3) is 0 Å². The quantitative estimate of drug-likeness (QED) is 0.379. The van der Waals surface area contributed by atoms with Gasteiger partial charge in [-0.15, -0.1) is 0 Å². The predicted octanol–water partition coefficient (Wildman–Crippen LogP) is 4.76. The monoisotopic (exact) mass is 368 g/mol. The molecule has 28 heavy (non-hydrogen) atoms. The molecule has 0 amide bonds. The van der Waals surface area contributed by atoms with Crippen LogP contribution in [0.1, 0.15) is 0 Å². The van der Waals surface area contributed by atoms with Gasteiger partial charge in [0.15, 0.2) is 11.6 Å². The lowest BCUT2D eigenvalue weighted by Crippen LogP contribution is -1.96. The number of para-hydroxylation sites is 2. The molecule has 2 aromatic rings. The minimum absolute atomic E-state index is 0.605. The minimum atomic E-state index is 0.605. The van der Waals surface area contributed by atoms with Crippen LogP contribution in [0.2, 0.25) is 0 Å². The van der Waals surface area contributed by atoms with Crippen molar-refractivity contribution in [3.05, 3.63) is 85.2 Å². The summed E-state index contributed by atoms with van der Waals surface area (Å²) in [5.41, 5.74) is 3.78. The summed E-state index contributed by atoms with van der Waals surface area (Å²) in [5.74, 6) is 1.21. The van der Waals surface area contributed by atoms with Crippen LogP contribution in [0.4, 0.5) is 0 Å². The Morgan fingerprint density at radius 2 is 0.964 bits per heavy atom. The number of hydrogen-bond donors (Lipinski definition) is 2. The molecule has 2 aromatic carbocycles. The molecule has 0 fully saturated rings. The maximum atomic E-state index is 9.53. The number of pyridine rings is 2.